The summed E-state index contributed by atoms with van der Waals surface area (Å²) in [5.41, 5.74) is 1.07. The van der Waals surface area contributed by atoms with E-state index in [2.05, 4.69) is 5.32 Å². The normalized spacial score (nSPS) is 17.2. The van der Waals surface area contributed by atoms with Gasteiger partial charge in [-0.05, 0) is 25.0 Å². The Morgan fingerprint density at radius 3 is 2.65 bits per heavy atom. The molecule has 0 saturated heterocycles. The van der Waals surface area contributed by atoms with Crippen LogP contribution in [0.4, 0.5) is 4.79 Å². The first-order chi connectivity index (χ1) is 12.3. The molecule has 0 spiro atoms. The molecule has 2 amide bonds. The average Bonchev–Trinajstić information content (AvgIpc) is 2.59. The smallest absolute Gasteiger partial charge is 0.337 e. The highest BCUT2D eigenvalue weighted by atomic mass is 35.5. The van der Waals surface area contributed by atoms with Crippen LogP contribution in [0.25, 0.3) is 0 Å². The second-order valence-corrected chi connectivity index (χ2v) is 6.45. The summed E-state index contributed by atoms with van der Waals surface area (Å²) < 4.78 is 4.86. The van der Waals surface area contributed by atoms with Crippen LogP contribution in [0.2, 0.25) is 10.0 Å². The summed E-state index contributed by atoms with van der Waals surface area (Å²) >= 11 is 12.3. The highest BCUT2D eigenvalue weighted by molar-refractivity contribution is 6.42. The number of ether oxygens (including phenoxy) is 1. The fraction of sp³-hybridized carbons (Fsp3) is 0.353. The number of carboxylic acids is 1. The molecule has 0 aromatic heterocycles. The van der Waals surface area contributed by atoms with Crippen LogP contribution in [0.1, 0.15) is 31.4 Å². The minimum atomic E-state index is -0.958. The molecule has 1 aromatic carbocycles. The number of benzene rings is 1. The maximum Gasteiger partial charge on any atom is 0.337 e. The quantitative estimate of drug-likeness (QED) is 0.713. The van der Waals surface area contributed by atoms with Gasteiger partial charge in [-0.15, -0.1) is 0 Å². The second-order valence-electron chi connectivity index (χ2n) is 5.67. The predicted molar refractivity (Wildman–Crippen MR) is 96.0 cm³/mol. The zero-order valence-corrected chi connectivity index (χ0v) is 15.7. The summed E-state index contributed by atoms with van der Waals surface area (Å²) in [5, 5.41) is 12.0. The number of carbonyl (C=O) groups excluding carboxylic acids is 2. The van der Waals surface area contributed by atoms with Crippen molar-refractivity contribution in [1.82, 2.24) is 10.2 Å². The fourth-order valence-electron chi connectivity index (χ4n) is 2.79. The van der Waals surface area contributed by atoms with Crippen LogP contribution < -0.4 is 5.32 Å². The van der Waals surface area contributed by atoms with E-state index in [9.17, 15) is 14.4 Å². The Morgan fingerprint density at radius 2 is 2.04 bits per heavy atom. The number of nitrogens with one attached hydrogen (secondary N) is 1. The Morgan fingerprint density at radius 1 is 1.35 bits per heavy atom. The van der Waals surface area contributed by atoms with Crippen LogP contribution in [0.5, 0.6) is 0 Å². The van der Waals surface area contributed by atoms with Crippen molar-refractivity contribution < 1.29 is 24.2 Å². The lowest BCUT2D eigenvalue weighted by molar-refractivity contribution is -0.138. The molecule has 140 valence electrons. The van der Waals surface area contributed by atoms with Crippen molar-refractivity contribution in [2.24, 2.45) is 0 Å². The van der Waals surface area contributed by atoms with Crippen LogP contribution in [0.15, 0.2) is 29.5 Å². The predicted octanol–water partition coefficient (Wildman–Crippen LogP) is 3.37. The van der Waals surface area contributed by atoms with Crippen molar-refractivity contribution >= 4 is 41.2 Å². The number of aliphatic carboxylic acids is 1. The Bertz CT molecular complexity index is 778. The summed E-state index contributed by atoms with van der Waals surface area (Å²) in [6, 6.07) is 3.65. The van der Waals surface area contributed by atoms with E-state index in [0.29, 0.717) is 16.3 Å². The molecule has 0 aliphatic carbocycles. The number of hydrogen-bond donors (Lipinski definition) is 2. The maximum absolute atomic E-state index is 12.5. The molecule has 0 saturated carbocycles. The summed E-state index contributed by atoms with van der Waals surface area (Å²) in [6.45, 7) is 1.76. The lowest BCUT2D eigenvalue weighted by atomic mass is 9.94. The zero-order chi connectivity index (χ0) is 19.4. The molecule has 1 aromatic rings. The number of allylic oxidation sites excluding steroid dienone is 1. The van der Waals surface area contributed by atoms with E-state index in [1.165, 1.54) is 12.0 Å². The third-order valence-electron chi connectivity index (χ3n) is 4.07. The number of halogens is 2. The Kier molecular flexibility index (Phi) is 6.50. The van der Waals surface area contributed by atoms with Crippen molar-refractivity contribution in [3.05, 3.63) is 45.1 Å². The van der Waals surface area contributed by atoms with Gasteiger partial charge in [0.1, 0.15) is 0 Å². The van der Waals surface area contributed by atoms with E-state index >= 15 is 0 Å². The molecule has 0 fully saturated rings. The zero-order valence-electron chi connectivity index (χ0n) is 14.2. The van der Waals surface area contributed by atoms with Crippen LogP contribution in [-0.4, -0.2) is 41.6 Å². The van der Waals surface area contributed by atoms with Gasteiger partial charge in [0.2, 0.25) is 0 Å². The van der Waals surface area contributed by atoms with Gasteiger partial charge in [-0.25, -0.2) is 9.59 Å². The van der Waals surface area contributed by atoms with Crippen molar-refractivity contribution in [1.29, 1.82) is 0 Å². The SMILES string of the molecule is COC(=O)C1=C(C)N(CCCC(=O)O)C(=O)N[C@@H]1c1cccc(Cl)c1Cl. The summed E-state index contributed by atoms with van der Waals surface area (Å²) in [7, 11) is 1.24. The van der Waals surface area contributed by atoms with E-state index in [0.717, 1.165) is 0 Å². The molecule has 2 N–H and O–H groups in total. The first kappa shape index (κ1) is 20.1. The van der Waals surface area contributed by atoms with Gasteiger partial charge in [0, 0.05) is 18.7 Å². The largest absolute Gasteiger partial charge is 0.481 e. The summed E-state index contributed by atoms with van der Waals surface area (Å²) in [5.74, 6) is -1.58. The highest BCUT2D eigenvalue weighted by Crippen LogP contribution is 2.37. The van der Waals surface area contributed by atoms with E-state index in [1.54, 1.807) is 25.1 Å². The van der Waals surface area contributed by atoms with Gasteiger partial charge in [0.05, 0.1) is 28.8 Å². The first-order valence-corrected chi connectivity index (χ1v) is 8.56. The first-order valence-electron chi connectivity index (χ1n) is 7.80. The average molecular weight is 401 g/mol. The number of hydrogen-bond acceptors (Lipinski definition) is 4. The number of rotatable bonds is 6. The fourth-order valence-corrected chi connectivity index (χ4v) is 3.21. The van der Waals surface area contributed by atoms with E-state index < -0.39 is 24.0 Å². The molecule has 0 bridgehead atoms. The second kappa shape index (κ2) is 8.42. The van der Waals surface area contributed by atoms with Crippen molar-refractivity contribution in [2.75, 3.05) is 13.7 Å². The number of urea groups is 1. The molecule has 0 radical (unpaired) electrons. The number of amides is 2. The Balaban J connectivity index is 2.46. The van der Waals surface area contributed by atoms with Gasteiger partial charge in [-0.2, -0.15) is 0 Å². The maximum atomic E-state index is 12.5. The van der Waals surface area contributed by atoms with Crippen molar-refractivity contribution in [3.8, 4) is 0 Å². The number of carboxylic acid groups (broad SMARTS) is 1. The minimum absolute atomic E-state index is 0.0891. The molecule has 1 atom stereocenters. The lowest BCUT2D eigenvalue weighted by Crippen LogP contribution is -2.48. The van der Waals surface area contributed by atoms with Gasteiger partial charge >= 0.3 is 18.0 Å². The Hall–Kier alpha value is -2.25. The van der Waals surface area contributed by atoms with E-state index in [4.69, 9.17) is 33.0 Å². The highest BCUT2D eigenvalue weighted by Gasteiger charge is 2.37. The molecule has 0 unspecified atom stereocenters. The molecule has 1 aliphatic rings. The van der Waals surface area contributed by atoms with Crippen molar-refractivity contribution in [2.45, 2.75) is 25.8 Å². The minimum Gasteiger partial charge on any atom is -0.481 e. The molecular weight excluding hydrogens is 383 g/mol. The van der Waals surface area contributed by atoms with E-state index in [1.807, 2.05) is 0 Å². The molecular formula is C17H18Cl2N2O5. The Labute approximate surface area is 160 Å². The van der Waals surface area contributed by atoms with Crippen LogP contribution in [-0.2, 0) is 14.3 Å². The van der Waals surface area contributed by atoms with Crippen molar-refractivity contribution in [3.63, 3.8) is 0 Å². The van der Waals surface area contributed by atoms with Crippen LogP contribution in [0, 0.1) is 0 Å². The van der Waals surface area contributed by atoms with Gasteiger partial charge < -0.3 is 15.2 Å². The van der Waals surface area contributed by atoms with Gasteiger partial charge in [-0.1, -0.05) is 35.3 Å². The summed E-state index contributed by atoms with van der Waals surface area (Å²) in [4.78, 5) is 36.9. The molecule has 1 heterocycles. The van der Waals surface area contributed by atoms with Gasteiger partial charge in [0.15, 0.2) is 0 Å². The molecule has 2 rings (SSSR count). The molecule has 26 heavy (non-hydrogen) atoms. The van der Waals surface area contributed by atoms with Crippen LogP contribution >= 0.6 is 23.2 Å². The number of methoxy groups -OCH3 is 1. The third kappa shape index (κ3) is 4.11. The number of carbonyl (C=O) groups is 3. The monoisotopic (exact) mass is 400 g/mol. The van der Waals surface area contributed by atoms with E-state index in [-0.39, 0.29) is 30.0 Å². The summed E-state index contributed by atoms with van der Waals surface area (Å²) in [6.07, 6.45) is 0.158. The van der Waals surface area contributed by atoms with Gasteiger partial charge in [0.25, 0.3) is 0 Å². The number of esters is 1. The lowest BCUT2D eigenvalue weighted by Gasteiger charge is -2.35. The topological polar surface area (TPSA) is 95.9 Å². The third-order valence-corrected chi connectivity index (χ3v) is 4.90. The van der Waals surface area contributed by atoms with Gasteiger partial charge in [-0.3, -0.25) is 9.69 Å². The molecule has 1 aliphatic heterocycles. The molecule has 7 nitrogen and oxygen atoms in total. The van der Waals surface area contributed by atoms with Crippen LogP contribution in [0.3, 0.4) is 0 Å². The molecule has 9 heteroatoms. The standard InChI is InChI=1S/C17H18Cl2N2O5/c1-9-13(16(24)26-2)15(10-5-3-6-11(18)14(10)19)20-17(25)21(9)8-4-7-12(22)23/h3,5-6,15H,4,7-8H2,1-2H3,(H,20,25)(H,22,23)/t15-/m1/s1. The number of nitrogens with zero attached hydrogens (tertiary/aromatic N) is 1.